The Morgan fingerprint density at radius 1 is 1.21 bits per heavy atom. The monoisotopic (exact) mass is 435 g/mol. The van der Waals surface area contributed by atoms with Gasteiger partial charge in [0.15, 0.2) is 0 Å². The zero-order chi connectivity index (χ0) is 21.3. The Balaban J connectivity index is 1.75. The zero-order valence-electron chi connectivity index (χ0n) is 16.3. The summed E-state index contributed by atoms with van der Waals surface area (Å²) in [6.07, 6.45) is 0.582. The number of sulfonamides is 1. The van der Waals surface area contributed by atoms with Crippen molar-refractivity contribution >= 4 is 44.8 Å². The first-order valence-corrected chi connectivity index (χ1v) is 10.9. The van der Waals surface area contributed by atoms with Crippen LogP contribution in [0.1, 0.15) is 19.4 Å². The average molecular weight is 436 g/mol. The molecule has 0 bridgehead atoms. The summed E-state index contributed by atoms with van der Waals surface area (Å²) in [7, 11) is -2.51. The number of hydrogen-bond donors (Lipinski definition) is 1. The maximum atomic E-state index is 12.9. The lowest BCUT2D eigenvalue weighted by molar-refractivity contribution is -0.117. The van der Waals surface area contributed by atoms with E-state index in [9.17, 15) is 18.0 Å². The second kappa shape index (κ2) is 8.14. The topological polar surface area (TPSA) is 86.8 Å². The number of amides is 2. The summed E-state index contributed by atoms with van der Waals surface area (Å²) < 4.78 is 26.8. The lowest BCUT2D eigenvalue weighted by atomic mass is 10.1. The minimum atomic E-state index is -3.86. The van der Waals surface area contributed by atoms with E-state index in [1.165, 1.54) is 20.0 Å². The van der Waals surface area contributed by atoms with Gasteiger partial charge in [0.25, 0.3) is 0 Å². The number of likely N-dealkylation sites (N-methyl/N-ethyl adjacent to an activating group) is 1. The summed E-state index contributed by atoms with van der Waals surface area (Å²) >= 11 is 5.81. The maximum absolute atomic E-state index is 12.9. The number of carbonyl (C=O) groups is 2. The van der Waals surface area contributed by atoms with Crippen LogP contribution in [0, 0.1) is 0 Å². The van der Waals surface area contributed by atoms with Crippen LogP contribution in [0.25, 0.3) is 0 Å². The number of fused-ring (bicyclic) bond motifs is 1. The number of rotatable bonds is 5. The van der Waals surface area contributed by atoms with E-state index in [0.717, 1.165) is 15.6 Å². The third-order valence-electron chi connectivity index (χ3n) is 4.81. The van der Waals surface area contributed by atoms with Crippen LogP contribution >= 0.6 is 11.6 Å². The van der Waals surface area contributed by atoms with Crippen LogP contribution in [0.15, 0.2) is 47.4 Å². The molecule has 0 saturated carbocycles. The van der Waals surface area contributed by atoms with E-state index >= 15 is 0 Å². The first-order valence-electron chi connectivity index (χ1n) is 9.04. The van der Waals surface area contributed by atoms with Crippen LogP contribution in [0.2, 0.25) is 5.02 Å². The summed E-state index contributed by atoms with van der Waals surface area (Å²) in [6.45, 7) is 3.07. The number of hydrogen-bond acceptors (Lipinski definition) is 4. The fraction of sp³-hybridized carbons (Fsp3) is 0.300. The molecule has 0 aliphatic carbocycles. The van der Waals surface area contributed by atoms with Gasteiger partial charge in [-0.1, -0.05) is 11.6 Å². The molecule has 2 aromatic rings. The molecule has 154 valence electrons. The SMILES string of the molecule is CC(=O)N1c2ccc(S(=O)(=O)N(C)CC(=O)Nc3ccc(Cl)cc3)cc2C[C@@H]1C. The predicted molar refractivity (Wildman–Crippen MR) is 113 cm³/mol. The molecule has 0 aromatic heterocycles. The number of benzene rings is 2. The van der Waals surface area contributed by atoms with Crippen molar-refractivity contribution in [3.05, 3.63) is 53.1 Å². The van der Waals surface area contributed by atoms with E-state index in [0.29, 0.717) is 17.1 Å². The van der Waals surface area contributed by atoms with Crippen LogP contribution < -0.4 is 10.2 Å². The number of nitrogens with zero attached hydrogens (tertiary/aromatic N) is 2. The molecule has 2 amide bonds. The molecule has 3 rings (SSSR count). The summed E-state index contributed by atoms with van der Waals surface area (Å²) in [5.41, 5.74) is 2.06. The Morgan fingerprint density at radius 2 is 1.86 bits per heavy atom. The van der Waals surface area contributed by atoms with Crippen LogP contribution in [0.4, 0.5) is 11.4 Å². The number of anilines is 2. The van der Waals surface area contributed by atoms with E-state index in [4.69, 9.17) is 11.6 Å². The van der Waals surface area contributed by atoms with Crippen molar-refractivity contribution in [1.82, 2.24) is 4.31 Å². The molecule has 0 radical (unpaired) electrons. The Labute approximate surface area is 175 Å². The maximum Gasteiger partial charge on any atom is 0.243 e. The standard InChI is InChI=1S/C20H22ClN3O4S/c1-13-10-15-11-18(8-9-19(15)24(13)14(2)25)29(27,28)23(3)12-20(26)22-17-6-4-16(21)5-7-17/h4-9,11,13H,10,12H2,1-3H3,(H,22,26)/t13-/m0/s1. The van der Waals surface area contributed by atoms with Crippen LogP contribution in [0.3, 0.4) is 0 Å². The number of halogens is 1. The van der Waals surface area contributed by atoms with E-state index in [1.54, 1.807) is 41.3 Å². The molecule has 1 atom stereocenters. The minimum absolute atomic E-state index is 0.0247. The highest BCUT2D eigenvalue weighted by molar-refractivity contribution is 7.89. The van der Waals surface area contributed by atoms with Crippen LogP contribution in [-0.2, 0) is 26.0 Å². The van der Waals surface area contributed by atoms with Gasteiger partial charge in [-0.25, -0.2) is 8.42 Å². The molecule has 2 aromatic carbocycles. The second-order valence-corrected chi connectivity index (χ2v) is 9.53. The van der Waals surface area contributed by atoms with Gasteiger partial charge in [0.2, 0.25) is 21.8 Å². The highest BCUT2D eigenvalue weighted by atomic mass is 35.5. The number of carbonyl (C=O) groups excluding carboxylic acids is 2. The van der Waals surface area contributed by atoms with Gasteiger partial charge >= 0.3 is 0 Å². The molecule has 0 saturated heterocycles. The molecular formula is C20H22ClN3O4S. The van der Waals surface area contributed by atoms with Crippen molar-refractivity contribution < 1.29 is 18.0 Å². The summed E-state index contributed by atoms with van der Waals surface area (Å²) in [5, 5.41) is 3.18. The predicted octanol–water partition coefficient (Wildman–Crippen LogP) is 2.90. The molecular weight excluding hydrogens is 414 g/mol. The highest BCUT2D eigenvalue weighted by Crippen LogP contribution is 2.34. The molecule has 9 heteroatoms. The molecule has 1 aliphatic heterocycles. The normalized spacial score (nSPS) is 16.0. The number of nitrogens with one attached hydrogen (secondary N) is 1. The fourth-order valence-electron chi connectivity index (χ4n) is 3.45. The quantitative estimate of drug-likeness (QED) is 0.782. The first-order chi connectivity index (χ1) is 13.6. The first kappa shape index (κ1) is 21.3. The lowest BCUT2D eigenvalue weighted by Crippen LogP contribution is -2.35. The van der Waals surface area contributed by atoms with E-state index in [-0.39, 0.29) is 23.4 Å². The Morgan fingerprint density at radius 3 is 2.48 bits per heavy atom. The van der Waals surface area contributed by atoms with Gasteiger partial charge in [-0.15, -0.1) is 0 Å². The molecule has 1 heterocycles. The van der Waals surface area contributed by atoms with Crippen molar-refractivity contribution in [3.63, 3.8) is 0 Å². The molecule has 29 heavy (non-hydrogen) atoms. The Bertz CT molecular complexity index is 1050. The fourth-order valence-corrected chi connectivity index (χ4v) is 4.75. The Hall–Kier alpha value is -2.42. The van der Waals surface area contributed by atoms with Gasteiger partial charge in [0.1, 0.15) is 0 Å². The van der Waals surface area contributed by atoms with Crippen molar-refractivity contribution in [1.29, 1.82) is 0 Å². The van der Waals surface area contributed by atoms with Crippen molar-refractivity contribution in [2.75, 3.05) is 23.8 Å². The van der Waals surface area contributed by atoms with E-state index in [2.05, 4.69) is 5.32 Å². The Kier molecular flexibility index (Phi) is 5.97. The average Bonchev–Trinajstić information content (AvgIpc) is 2.98. The van der Waals surface area contributed by atoms with Gasteiger partial charge in [-0.2, -0.15) is 4.31 Å². The third-order valence-corrected chi connectivity index (χ3v) is 6.86. The van der Waals surface area contributed by atoms with E-state index < -0.39 is 15.9 Å². The summed E-state index contributed by atoms with van der Waals surface area (Å²) in [5.74, 6) is -0.543. The van der Waals surface area contributed by atoms with Crippen molar-refractivity contribution in [3.8, 4) is 0 Å². The molecule has 7 nitrogen and oxygen atoms in total. The molecule has 0 spiro atoms. The summed E-state index contributed by atoms with van der Waals surface area (Å²) in [4.78, 5) is 25.8. The van der Waals surface area contributed by atoms with Crippen LogP contribution in [0.5, 0.6) is 0 Å². The van der Waals surface area contributed by atoms with Crippen molar-refractivity contribution in [2.24, 2.45) is 0 Å². The van der Waals surface area contributed by atoms with Gasteiger partial charge in [-0.05, 0) is 61.4 Å². The molecule has 0 unspecified atom stereocenters. The van der Waals surface area contributed by atoms with Gasteiger partial charge in [0.05, 0.1) is 11.4 Å². The zero-order valence-corrected chi connectivity index (χ0v) is 17.9. The highest BCUT2D eigenvalue weighted by Gasteiger charge is 2.31. The molecule has 0 fully saturated rings. The van der Waals surface area contributed by atoms with Gasteiger partial charge < -0.3 is 10.2 Å². The lowest BCUT2D eigenvalue weighted by Gasteiger charge is -2.21. The summed E-state index contributed by atoms with van der Waals surface area (Å²) in [6, 6.07) is 11.2. The third kappa shape index (κ3) is 4.44. The minimum Gasteiger partial charge on any atom is -0.325 e. The molecule has 1 N–H and O–H groups in total. The van der Waals surface area contributed by atoms with Gasteiger partial charge in [-0.3, -0.25) is 9.59 Å². The largest absolute Gasteiger partial charge is 0.325 e. The second-order valence-electron chi connectivity index (χ2n) is 7.05. The smallest absolute Gasteiger partial charge is 0.243 e. The van der Waals surface area contributed by atoms with Gasteiger partial charge in [0, 0.05) is 36.4 Å². The van der Waals surface area contributed by atoms with E-state index in [1.807, 2.05) is 6.92 Å². The molecule has 1 aliphatic rings. The van der Waals surface area contributed by atoms with Crippen molar-refractivity contribution in [2.45, 2.75) is 31.2 Å². The van der Waals surface area contributed by atoms with Crippen LogP contribution in [-0.4, -0.2) is 44.2 Å².